The molecule has 0 saturated heterocycles. The van der Waals surface area contributed by atoms with Crippen LogP contribution in [-0.4, -0.2) is 35.5 Å². The first-order valence-corrected chi connectivity index (χ1v) is 6.72. The van der Waals surface area contributed by atoms with Crippen LogP contribution in [0.15, 0.2) is 11.4 Å². The van der Waals surface area contributed by atoms with E-state index in [1.54, 1.807) is 0 Å². The van der Waals surface area contributed by atoms with E-state index in [1.807, 2.05) is 0 Å². The van der Waals surface area contributed by atoms with Gasteiger partial charge in [0.2, 0.25) is 15.0 Å². The van der Waals surface area contributed by atoms with Gasteiger partial charge >= 0.3 is 0 Å². The second kappa shape index (κ2) is 3.46. The first-order chi connectivity index (χ1) is 7.38. The van der Waals surface area contributed by atoms with Crippen LogP contribution in [0, 0.1) is 0 Å². The summed E-state index contributed by atoms with van der Waals surface area (Å²) in [4.78, 5) is 22.5. The van der Waals surface area contributed by atoms with Crippen LogP contribution >= 0.6 is 11.3 Å². The lowest BCUT2D eigenvalue weighted by Crippen LogP contribution is -2.09. The molecule has 0 aliphatic rings. The SMILES string of the molecule is CS(=O)(=O)c1ncc2nc(C(N)=O)sc2n1. The summed E-state index contributed by atoms with van der Waals surface area (Å²) in [7, 11) is -3.46. The minimum absolute atomic E-state index is 0.0787. The van der Waals surface area contributed by atoms with E-state index in [2.05, 4.69) is 15.0 Å². The van der Waals surface area contributed by atoms with Gasteiger partial charge < -0.3 is 5.73 Å². The Labute approximate surface area is 94.3 Å². The summed E-state index contributed by atoms with van der Waals surface area (Å²) in [6, 6.07) is 0. The summed E-state index contributed by atoms with van der Waals surface area (Å²) in [6.45, 7) is 0. The van der Waals surface area contributed by atoms with Gasteiger partial charge in [0.1, 0.15) is 10.3 Å². The Morgan fingerprint density at radius 3 is 2.69 bits per heavy atom. The molecule has 2 N–H and O–H groups in total. The summed E-state index contributed by atoms with van der Waals surface area (Å²) in [6.07, 6.45) is 2.26. The van der Waals surface area contributed by atoms with Gasteiger partial charge in [-0.1, -0.05) is 11.3 Å². The quantitative estimate of drug-likeness (QED) is 0.732. The number of carbonyl (C=O) groups excluding carboxylic acids is 1. The molecule has 0 bridgehead atoms. The molecule has 0 aromatic carbocycles. The number of nitrogens with zero attached hydrogens (tertiary/aromatic N) is 3. The van der Waals surface area contributed by atoms with Gasteiger partial charge in [-0.2, -0.15) is 0 Å². The number of sulfone groups is 1. The standard InChI is InChI=1S/C7H6N4O3S2/c1-16(13,14)7-9-2-3-5(11-7)15-6(10-3)4(8)12/h2H,1H3,(H2,8,12). The summed E-state index contributed by atoms with van der Waals surface area (Å²) >= 11 is 0.934. The Kier molecular flexibility index (Phi) is 2.35. The Balaban J connectivity index is 2.67. The van der Waals surface area contributed by atoms with E-state index in [0.717, 1.165) is 17.6 Å². The van der Waals surface area contributed by atoms with Gasteiger partial charge in [0.05, 0.1) is 6.20 Å². The Bertz CT molecular complexity index is 676. The van der Waals surface area contributed by atoms with Crippen LogP contribution in [0.4, 0.5) is 0 Å². The molecule has 0 fully saturated rings. The third kappa shape index (κ3) is 1.86. The van der Waals surface area contributed by atoms with Crippen LogP contribution in [0.1, 0.15) is 9.80 Å². The average Bonchev–Trinajstić information content (AvgIpc) is 2.58. The van der Waals surface area contributed by atoms with Gasteiger partial charge in [-0.15, -0.1) is 0 Å². The second-order valence-electron chi connectivity index (χ2n) is 3.00. The summed E-state index contributed by atoms with van der Waals surface area (Å²) in [5.41, 5.74) is 5.40. The normalized spacial score (nSPS) is 11.8. The van der Waals surface area contributed by atoms with E-state index in [-0.39, 0.29) is 10.2 Å². The van der Waals surface area contributed by atoms with E-state index in [9.17, 15) is 13.2 Å². The van der Waals surface area contributed by atoms with Crippen LogP contribution in [-0.2, 0) is 9.84 Å². The van der Waals surface area contributed by atoms with Crippen molar-refractivity contribution in [2.75, 3.05) is 6.26 Å². The Morgan fingerprint density at radius 1 is 1.44 bits per heavy atom. The summed E-state index contributed by atoms with van der Waals surface area (Å²) in [5.74, 6) is -0.677. The molecule has 2 aromatic heterocycles. The zero-order valence-corrected chi connectivity index (χ0v) is 9.67. The van der Waals surface area contributed by atoms with Crippen LogP contribution in [0.3, 0.4) is 0 Å². The molecule has 9 heteroatoms. The first-order valence-electron chi connectivity index (χ1n) is 4.01. The number of nitrogens with two attached hydrogens (primary N) is 1. The molecule has 2 heterocycles. The smallest absolute Gasteiger partial charge is 0.277 e. The number of aromatic nitrogens is 3. The highest BCUT2D eigenvalue weighted by molar-refractivity contribution is 7.90. The third-order valence-corrected chi connectivity index (χ3v) is 3.51. The van der Waals surface area contributed by atoms with Crippen LogP contribution in [0.2, 0.25) is 0 Å². The molecular formula is C7H6N4O3S2. The van der Waals surface area contributed by atoms with Crippen molar-refractivity contribution in [3.05, 3.63) is 11.2 Å². The van der Waals surface area contributed by atoms with Crippen LogP contribution < -0.4 is 5.73 Å². The molecule has 0 aliphatic heterocycles. The highest BCUT2D eigenvalue weighted by Crippen LogP contribution is 2.19. The number of amides is 1. The molecular weight excluding hydrogens is 252 g/mol. The van der Waals surface area contributed by atoms with Gasteiger partial charge in [0.25, 0.3) is 5.91 Å². The number of carbonyl (C=O) groups is 1. The number of fused-ring (bicyclic) bond motifs is 1. The summed E-state index contributed by atoms with van der Waals surface area (Å²) < 4.78 is 22.4. The highest BCUT2D eigenvalue weighted by Gasteiger charge is 2.15. The molecule has 84 valence electrons. The largest absolute Gasteiger partial charge is 0.364 e. The fraction of sp³-hybridized carbons (Fsp3) is 0.143. The van der Waals surface area contributed by atoms with E-state index in [0.29, 0.717) is 10.3 Å². The molecule has 7 nitrogen and oxygen atoms in total. The topological polar surface area (TPSA) is 116 Å². The lowest BCUT2D eigenvalue weighted by atomic mass is 10.6. The molecule has 1 amide bonds. The highest BCUT2D eigenvalue weighted by atomic mass is 32.2. The molecule has 0 atom stereocenters. The predicted molar refractivity (Wildman–Crippen MR) is 56.8 cm³/mol. The van der Waals surface area contributed by atoms with E-state index in [1.165, 1.54) is 6.20 Å². The average molecular weight is 258 g/mol. The maximum atomic E-state index is 11.2. The fourth-order valence-corrected chi connectivity index (χ4v) is 2.33. The number of rotatable bonds is 2. The molecule has 0 spiro atoms. The van der Waals surface area contributed by atoms with Gasteiger partial charge in [0, 0.05) is 6.26 Å². The van der Waals surface area contributed by atoms with Crippen molar-refractivity contribution in [1.82, 2.24) is 15.0 Å². The Morgan fingerprint density at radius 2 is 2.12 bits per heavy atom. The van der Waals surface area contributed by atoms with Gasteiger partial charge in [-0.25, -0.2) is 23.4 Å². The minimum Gasteiger partial charge on any atom is -0.364 e. The number of primary amides is 1. The number of hydrogen-bond donors (Lipinski definition) is 1. The van der Waals surface area contributed by atoms with E-state index < -0.39 is 15.7 Å². The summed E-state index contributed by atoms with van der Waals surface area (Å²) in [5, 5.41) is -0.213. The third-order valence-electron chi connectivity index (χ3n) is 1.67. The maximum Gasteiger partial charge on any atom is 0.277 e. The number of hydrogen-bond acceptors (Lipinski definition) is 7. The zero-order chi connectivity index (χ0) is 11.9. The molecule has 0 aliphatic carbocycles. The molecule has 2 rings (SSSR count). The molecule has 2 aromatic rings. The number of thiazole rings is 1. The molecule has 0 radical (unpaired) electrons. The van der Waals surface area contributed by atoms with Crippen molar-refractivity contribution in [2.45, 2.75) is 5.16 Å². The van der Waals surface area contributed by atoms with Crippen molar-refractivity contribution >= 4 is 37.4 Å². The fourth-order valence-electron chi connectivity index (χ4n) is 1.00. The van der Waals surface area contributed by atoms with Gasteiger partial charge in [0.15, 0.2) is 5.01 Å². The van der Waals surface area contributed by atoms with E-state index in [4.69, 9.17) is 5.73 Å². The van der Waals surface area contributed by atoms with Gasteiger partial charge in [-0.05, 0) is 0 Å². The van der Waals surface area contributed by atoms with Crippen molar-refractivity contribution < 1.29 is 13.2 Å². The van der Waals surface area contributed by atoms with E-state index >= 15 is 0 Å². The maximum absolute atomic E-state index is 11.2. The predicted octanol–water partition coefficient (Wildman–Crippen LogP) is -0.411. The molecule has 0 unspecified atom stereocenters. The van der Waals surface area contributed by atoms with Crippen LogP contribution in [0.5, 0.6) is 0 Å². The Hall–Kier alpha value is -1.61. The van der Waals surface area contributed by atoms with Crippen molar-refractivity contribution in [2.24, 2.45) is 5.73 Å². The van der Waals surface area contributed by atoms with Gasteiger partial charge in [-0.3, -0.25) is 4.79 Å². The lowest BCUT2D eigenvalue weighted by molar-refractivity contribution is 0.1000. The zero-order valence-electron chi connectivity index (χ0n) is 8.04. The van der Waals surface area contributed by atoms with Crippen molar-refractivity contribution in [1.29, 1.82) is 0 Å². The second-order valence-corrected chi connectivity index (χ2v) is 5.89. The molecule has 16 heavy (non-hydrogen) atoms. The monoisotopic (exact) mass is 258 g/mol. The van der Waals surface area contributed by atoms with Crippen LogP contribution in [0.25, 0.3) is 10.3 Å². The minimum atomic E-state index is -3.46. The molecule has 0 saturated carbocycles. The first kappa shape index (κ1) is 10.9. The van der Waals surface area contributed by atoms with Crippen molar-refractivity contribution in [3.8, 4) is 0 Å². The van der Waals surface area contributed by atoms with Crippen molar-refractivity contribution in [3.63, 3.8) is 0 Å². The lowest BCUT2D eigenvalue weighted by Gasteiger charge is -1.93.